The predicted molar refractivity (Wildman–Crippen MR) is 122 cm³/mol. The monoisotopic (exact) mass is 428 g/mol. The van der Waals surface area contributed by atoms with E-state index in [-0.39, 0.29) is 0 Å². The first-order valence-electron chi connectivity index (χ1n) is 10.7. The number of halogens is 1. The van der Waals surface area contributed by atoms with Gasteiger partial charge in [0.2, 0.25) is 17.8 Å². The molecule has 1 aromatic carbocycles. The molecule has 1 aliphatic carbocycles. The Morgan fingerprint density at radius 2 is 1.90 bits per heavy atom. The Labute approximate surface area is 182 Å². The van der Waals surface area contributed by atoms with Crippen molar-refractivity contribution in [2.45, 2.75) is 44.9 Å². The van der Waals surface area contributed by atoms with Crippen molar-refractivity contribution in [3.05, 3.63) is 34.9 Å². The van der Waals surface area contributed by atoms with Gasteiger partial charge in [0.05, 0.1) is 12.1 Å². The lowest BCUT2D eigenvalue weighted by molar-refractivity contribution is 0.415. The van der Waals surface area contributed by atoms with Gasteiger partial charge < -0.3 is 20.3 Å². The standard InChI is InChI=1S/C22H29ClN6O/c1-30-19-10-9-17(15-18(19)23)25-21-26-20(24-12-11-16-7-3-2-4-8-16)27-22(28-21)29-13-5-6-14-29/h7,9-10,15H,2-6,8,11-14H2,1H3,(H2,24,25,26,27,28). The number of hydrogen-bond acceptors (Lipinski definition) is 7. The van der Waals surface area contributed by atoms with Gasteiger partial charge in [-0.3, -0.25) is 0 Å². The topological polar surface area (TPSA) is 75.2 Å². The number of anilines is 4. The van der Waals surface area contributed by atoms with Crippen LogP contribution in [0.25, 0.3) is 0 Å². The van der Waals surface area contributed by atoms with Crippen LogP contribution in [-0.2, 0) is 0 Å². The molecule has 1 saturated heterocycles. The minimum absolute atomic E-state index is 0.507. The van der Waals surface area contributed by atoms with E-state index >= 15 is 0 Å². The Kier molecular flexibility index (Phi) is 6.89. The van der Waals surface area contributed by atoms with Crippen LogP contribution in [0.15, 0.2) is 29.8 Å². The van der Waals surface area contributed by atoms with Gasteiger partial charge in [-0.25, -0.2) is 0 Å². The first-order chi connectivity index (χ1) is 14.7. The van der Waals surface area contributed by atoms with Crippen LogP contribution >= 0.6 is 11.6 Å². The van der Waals surface area contributed by atoms with Crippen LogP contribution in [-0.4, -0.2) is 41.7 Å². The van der Waals surface area contributed by atoms with Gasteiger partial charge in [0.1, 0.15) is 5.75 Å². The maximum absolute atomic E-state index is 6.26. The van der Waals surface area contributed by atoms with Gasteiger partial charge in [-0.1, -0.05) is 23.3 Å². The molecule has 2 aliphatic rings. The van der Waals surface area contributed by atoms with Crippen LogP contribution in [0.5, 0.6) is 5.75 Å². The van der Waals surface area contributed by atoms with Crippen LogP contribution in [0, 0.1) is 0 Å². The van der Waals surface area contributed by atoms with Crippen molar-refractivity contribution in [2.75, 3.05) is 42.3 Å². The largest absolute Gasteiger partial charge is 0.495 e. The van der Waals surface area contributed by atoms with Gasteiger partial charge in [-0.2, -0.15) is 15.0 Å². The van der Waals surface area contributed by atoms with E-state index in [1.54, 1.807) is 7.11 Å². The zero-order valence-electron chi connectivity index (χ0n) is 17.5. The van der Waals surface area contributed by atoms with E-state index in [1.165, 1.54) is 44.1 Å². The summed E-state index contributed by atoms with van der Waals surface area (Å²) in [4.78, 5) is 16.1. The molecule has 1 fully saturated rings. The van der Waals surface area contributed by atoms with Gasteiger partial charge in [0.25, 0.3) is 0 Å². The van der Waals surface area contributed by atoms with Crippen LogP contribution in [0.1, 0.15) is 44.9 Å². The molecular weight excluding hydrogens is 400 g/mol. The number of benzene rings is 1. The first-order valence-corrected chi connectivity index (χ1v) is 11.1. The molecule has 0 bridgehead atoms. The van der Waals surface area contributed by atoms with Crippen LogP contribution in [0.3, 0.4) is 0 Å². The molecule has 30 heavy (non-hydrogen) atoms. The molecule has 1 aliphatic heterocycles. The minimum Gasteiger partial charge on any atom is -0.495 e. The number of nitrogens with zero attached hydrogens (tertiary/aromatic N) is 4. The van der Waals surface area contributed by atoms with E-state index in [4.69, 9.17) is 16.3 Å². The van der Waals surface area contributed by atoms with Crippen molar-refractivity contribution in [3.63, 3.8) is 0 Å². The average molecular weight is 429 g/mol. The van der Waals surface area contributed by atoms with Crippen molar-refractivity contribution in [1.82, 2.24) is 15.0 Å². The van der Waals surface area contributed by atoms with E-state index in [0.29, 0.717) is 28.6 Å². The second-order valence-corrected chi connectivity index (χ2v) is 8.14. The highest BCUT2D eigenvalue weighted by atomic mass is 35.5. The molecule has 0 unspecified atom stereocenters. The number of ether oxygens (including phenoxy) is 1. The number of aromatic nitrogens is 3. The molecule has 0 spiro atoms. The summed E-state index contributed by atoms with van der Waals surface area (Å²) in [7, 11) is 1.60. The average Bonchev–Trinajstić information content (AvgIpc) is 3.30. The van der Waals surface area contributed by atoms with Gasteiger partial charge in [0, 0.05) is 25.3 Å². The fourth-order valence-corrected chi connectivity index (χ4v) is 4.16. The second-order valence-electron chi connectivity index (χ2n) is 7.74. The number of nitrogens with one attached hydrogen (secondary N) is 2. The van der Waals surface area contributed by atoms with Crippen LogP contribution in [0.4, 0.5) is 23.5 Å². The Morgan fingerprint density at radius 1 is 1.07 bits per heavy atom. The molecule has 4 rings (SSSR count). The lowest BCUT2D eigenvalue weighted by Gasteiger charge is -2.18. The third kappa shape index (κ3) is 5.33. The molecule has 0 saturated carbocycles. The maximum Gasteiger partial charge on any atom is 0.233 e. The number of rotatable bonds is 8. The number of methoxy groups -OCH3 is 1. The fraction of sp³-hybridized carbons (Fsp3) is 0.500. The molecule has 2 heterocycles. The maximum atomic E-state index is 6.26. The summed E-state index contributed by atoms with van der Waals surface area (Å²) in [5.41, 5.74) is 2.34. The van der Waals surface area contributed by atoms with E-state index < -0.39 is 0 Å². The molecule has 1 aromatic heterocycles. The van der Waals surface area contributed by atoms with Crippen molar-refractivity contribution in [1.29, 1.82) is 0 Å². The molecule has 2 N–H and O–H groups in total. The number of hydrogen-bond donors (Lipinski definition) is 2. The zero-order chi connectivity index (χ0) is 20.8. The highest BCUT2D eigenvalue weighted by Gasteiger charge is 2.18. The van der Waals surface area contributed by atoms with Gasteiger partial charge >= 0.3 is 0 Å². The lowest BCUT2D eigenvalue weighted by atomic mass is 9.97. The van der Waals surface area contributed by atoms with Gasteiger partial charge in [0.15, 0.2) is 0 Å². The summed E-state index contributed by atoms with van der Waals surface area (Å²) in [5, 5.41) is 7.19. The zero-order valence-corrected chi connectivity index (χ0v) is 18.2. The SMILES string of the molecule is COc1ccc(Nc2nc(NCCC3=CCCCC3)nc(N3CCCC3)n2)cc1Cl. The molecule has 160 valence electrons. The van der Waals surface area contributed by atoms with Crippen molar-refractivity contribution in [2.24, 2.45) is 0 Å². The third-order valence-corrected chi connectivity index (χ3v) is 5.83. The second kappa shape index (κ2) is 9.98. The molecule has 2 aromatic rings. The molecule has 0 radical (unpaired) electrons. The minimum atomic E-state index is 0.507. The Morgan fingerprint density at radius 3 is 2.63 bits per heavy atom. The summed E-state index contributed by atoms with van der Waals surface area (Å²) < 4.78 is 5.23. The van der Waals surface area contributed by atoms with Crippen molar-refractivity contribution in [3.8, 4) is 5.75 Å². The Hall–Kier alpha value is -2.54. The van der Waals surface area contributed by atoms with Crippen molar-refractivity contribution < 1.29 is 4.74 Å². The lowest BCUT2D eigenvalue weighted by Crippen LogP contribution is -2.22. The summed E-state index contributed by atoms with van der Waals surface area (Å²) in [6, 6.07) is 5.53. The highest BCUT2D eigenvalue weighted by molar-refractivity contribution is 6.32. The normalized spacial score (nSPS) is 16.3. The van der Waals surface area contributed by atoms with E-state index in [1.807, 2.05) is 18.2 Å². The Balaban J connectivity index is 1.49. The predicted octanol–water partition coefficient (Wildman–Crippen LogP) is 5.18. The highest BCUT2D eigenvalue weighted by Crippen LogP contribution is 2.29. The Bertz CT molecular complexity index is 897. The summed E-state index contributed by atoms with van der Waals surface area (Å²) >= 11 is 6.26. The molecule has 8 heteroatoms. The van der Waals surface area contributed by atoms with E-state index in [2.05, 4.69) is 36.6 Å². The molecule has 0 atom stereocenters. The number of allylic oxidation sites excluding steroid dienone is 1. The van der Waals surface area contributed by atoms with Gasteiger partial charge in [-0.05, 0) is 63.1 Å². The fourth-order valence-electron chi connectivity index (χ4n) is 3.90. The molecular formula is C22H29ClN6O. The first kappa shape index (κ1) is 20.7. The van der Waals surface area contributed by atoms with E-state index in [9.17, 15) is 0 Å². The van der Waals surface area contributed by atoms with E-state index in [0.717, 1.165) is 31.7 Å². The van der Waals surface area contributed by atoms with Crippen LogP contribution < -0.4 is 20.3 Å². The third-order valence-electron chi connectivity index (χ3n) is 5.53. The van der Waals surface area contributed by atoms with Crippen molar-refractivity contribution >= 4 is 35.1 Å². The smallest absolute Gasteiger partial charge is 0.233 e. The molecule has 0 amide bonds. The van der Waals surface area contributed by atoms with Crippen LogP contribution in [0.2, 0.25) is 5.02 Å². The van der Waals surface area contributed by atoms with Gasteiger partial charge in [-0.15, -0.1) is 0 Å². The summed E-state index contributed by atoms with van der Waals surface area (Å²) in [6.07, 6.45) is 10.8. The summed E-state index contributed by atoms with van der Waals surface area (Å²) in [5.74, 6) is 2.46. The summed E-state index contributed by atoms with van der Waals surface area (Å²) in [6.45, 7) is 2.78. The quantitative estimate of drug-likeness (QED) is 0.561. The molecule has 7 nitrogen and oxygen atoms in total.